The summed E-state index contributed by atoms with van der Waals surface area (Å²) in [7, 11) is 0. The maximum Gasteiger partial charge on any atom is 0.00901 e. The first kappa shape index (κ1) is 15.5. The Kier molecular flexibility index (Phi) is 15.5. The average molecular weight is 247 g/mol. The third-order valence-electron chi connectivity index (χ3n) is 1.46. The smallest absolute Gasteiger partial charge is 0.00901 e. The van der Waals surface area contributed by atoms with Crippen LogP contribution in [0.3, 0.4) is 0 Å². The summed E-state index contributed by atoms with van der Waals surface area (Å²) < 4.78 is 5.24. The number of rotatable bonds is 3. The maximum atomic E-state index is 8.33. The van der Waals surface area contributed by atoms with Gasteiger partial charge in [0.25, 0.3) is 0 Å². The number of hydrogen-bond donors (Lipinski definition) is 1. The summed E-state index contributed by atoms with van der Waals surface area (Å²) in [5, 5.41) is 8.33. The van der Waals surface area contributed by atoms with Crippen LogP contribution in [-0.4, -0.2) is 11.7 Å². The quantitative estimate of drug-likeness (QED) is 0.777. The summed E-state index contributed by atoms with van der Waals surface area (Å²) in [6.45, 7) is 6.06. The average Bonchev–Trinajstić information content (AvgIpc) is 2.57. The van der Waals surface area contributed by atoms with Crippen LogP contribution < -0.4 is 0 Å². The van der Waals surface area contributed by atoms with Crippen LogP contribution in [0.2, 0.25) is 0 Å². The van der Waals surface area contributed by atoms with Crippen LogP contribution in [0.4, 0.5) is 0 Å². The Morgan fingerprint density at radius 3 is 2.58 bits per heavy atom. The van der Waals surface area contributed by atoms with Gasteiger partial charge in [-0.3, -0.25) is 0 Å². The molecule has 0 aromatic heterocycles. The molecule has 0 amide bonds. The summed E-state index contributed by atoms with van der Waals surface area (Å²) in [6, 6.07) is 0. The second-order valence-corrected chi connectivity index (χ2v) is 2.21. The molecular formula is C9H18O2Y-2. The molecule has 1 radical (unpaired) electrons. The minimum absolute atomic E-state index is 0. The SMILES string of the molecule is CC.O[CH-]CC[C-]1CCCO1.[Y]. The van der Waals surface area contributed by atoms with Gasteiger partial charge in [-0.05, 0) is 0 Å². The van der Waals surface area contributed by atoms with E-state index in [2.05, 4.69) is 0 Å². The van der Waals surface area contributed by atoms with Gasteiger partial charge in [-0.25, -0.2) is 6.61 Å². The second-order valence-electron chi connectivity index (χ2n) is 2.21. The van der Waals surface area contributed by atoms with Gasteiger partial charge in [-0.2, -0.15) is 25.4 Å². The number of aliphatic hydroxyl groups excluding tert-OH is 1. The molecule has 1 N–H and O–H groups in total. The molecule has 1 rings (SSSR count). The second kappa shape index (κ2) is 12.0. The van der Waals surface area contributed by atoms with E-state index in [0.29, 0.717) is 0 Å². The van der Waals surface area contributed by atoms with Gasteiger partial charge in [0.2, 0.25) is 0 Å². The van der Waals surface area contributed by atoms with E-state index in [1.807, 2.05) is 13.8 Å². The van der Waals surface area contributed by atoms with Crippen molar-refractivity contribution in [1.82, 2.24) is 0 Å². The van der Waals surface area contributed by atoms with Crippen molar-refractivity contribution in [3.63, 3.8) is 0 Å². The van der Waals surface area contributed by atoms with Crippen LogP contribution >= 0.6 is 0 Å². The van der Waals surface area contributed by atoms with E-state index in [1.165, 1.54) is 6.61 Å². The van der Waals surface area contributed by atoms with E-state index < -0.39 is 0 Å². The van der Waals surface area contributed by atoms with Gasteiger partial charge in [-0.1, -0.05) is 20.3 Å². The first-order valence-electron chi connectivity index (χ1n) is 4.37. The molecule has 0 aromatic carbocycles. The van der Waals surface area contributed by atoms with Crippen molar-refractivity contribution in [1.29, 1.82) is 0 Å². The van der Waals surface area contributed by atoms with Crippen LogP contribution in [0, 0.1) is 12.7 Å². The molecule has 1 aliphatic heterocycles. The van der Waals surface area contributed by atoms with Gasteiger partial charge in [0, 0.05) is 39.3 Å². The van der Waals surface area contributed by atoms with Gasteiger partial charge in [0.05, 0.1) is 0 Å². The first-order chi connectivity index (χ1) is 5.43. The predicted octanol–water partition coefficient (Wildman–Crippen LogP) is 2.67. The van der Waals surface area contributed by atoms with E-state index in [0.717, 1.165) is 38.4 Å². The van der Waals surface area contributed by atoms with Crippen LogP contribution in [0.5, 0.6) is 0 Å². The molecule has 1 fully saturated rings. The fourth-order valence-corrected chi connectivity index (χ4v) is 0.981. The van der Waals surface area contributed by atoms with Crippen LogP contribution in [-0.2, 0) is 37.4 Å². The number of ether oxygens (including phenoxy) is 1. The van der Waals surface area contributed by atoms with E-state index in [1.54, 1.807) is 0 Å². The van der Waals surface area contributed by atoms with Crippen molar-refractivity contribution in [2.45, 2.75) is 39.5 Å². The van der Waals surface area contributed by atoms with Gasteiger partial charge in [0.1, 0.15) is 0 Å². The molecule has 0 atom stereocenters. The molecule has 1 aliphatic rings. The summed E-state index contributed by atoms with van der Waals surface area (Å²) >= 11 is 0. The fraction of sp³-hybridized carbons (Fsp3) is 0.778. The Labute approximate surface area is 101 Å². The van der Waals surface area contributed by atoms with Crippen molar-refractivity contribution in [3.05, 3.63) is 12.7 Å². The molecule has 0 aromatic rings. The van der Waals surface area contributed by atoms with Crippen LogP contribution in [0.25, 0.3) is 0 Å². The zero-order chi connectivity index (χ0) is 8.53. The standard InChI is InChI=1S/C7H12O2.C2H6.Y/c8-5-1-3-7-4-2-6-9-7;1-2;/h5,8H,1-4,6H2;1-2H3;/q-2;;. The van der Waals surface area contributed by atoms with Crippen LogP contribution in [0.1, 0.15) is 39.5 Å². The van der Waals surface area contributed by atoms with Gasteiger partial charge < -0.3 is 9.84 Å². The largest absolute Gasteiger partial charge is 0.566 e. The molecule has 71 valence electrons. The van der Waals surface area contributed by atoms with Gasteiger partial charge in [0.15, 0.2) is 0 Å². The zero-order valence-corrected chi connectivity index (χ0v) is 10.9. The number of hydrogen-bond acceptors (Lipinski definition) is 2. The summed E-state index contributed by atoms with van der Waals surface area (Å²) in [5.74, 6) is 0. The van der Waals surface area contributed by atoms with Crippen LogP contribution in [0.15, 0.2) is 0 Å². The summed E-state index contributed by atoms with van der Waals surface area (Å²) in [6.07, 6.45) is 5.03. The Bertz CT molecular complexity index is 72.9. The number of aliphatic hydroxyl groups is 1. The van der Waals surface area contributed by atoms with Crippen molar-refractivity contribution < 1.29 is 42.6 Å². The Morgan fingerprint density at radius 2 is 2.17 bits per heavy atom. The summed E-state index contributed by atoms with van der Waals surface area (Å²) in [5.41, 5.74) is 0. The van der Waals surface area contributed by atoms with Gasteiger partial charge >= 0.3 is 0 Å². The fourth-order valence-electron chi connectivity index (χ4n) is 0.981. The minimum atomic E-state index is 0. The van der Waals surface area contributed by atoms with Gasteiger partial charge in [-0.15, -0.1) is 0 Å². The topological polar surface area (TPSA) is 29.5 Å². The molecule has 0 saturated carbocycles. The van der Waals surface area contributed by atoms with E-state index in [-0.39, 0.29) is 32.7 Å². The van der Waals surface area contributed by atoms with E-state index >= 15 is 0 Å². The Hall–Kier alpha value is 1.02. The molecule has 0 bridgehead atoms. The van der Waals surface area contributed by atoms with E-state index in [9.17, 15) is 0 Å². The first-order valence-corrected chi connectivity index (χ1v) is 4.37. The third-order valence-corrected chi connectivity index (χ3v) is 1.46. The van der Waals surface area contributed by atoms with Crippen molar-refractivity contribution in [2.75, 3.05) is 6.61 Å². The van der Waals surface area contributed by atoms with Crippen molar-refractivity contribution in [3.8, 4) is 0 Å². The van der Waals surface area contributed by atoms with Crippen molar-refractivity contribution in [2.24, 2.45) is 0 Å². The molecule has 0 unspecified atom stereocenters. The molecular weight excluding hydrogens is 229 g/mol. The van der Waals surface area contributed by atoms with Crippen molar-refractivity contribution >= 4 is 0 Å². The zero-order valence-electron chi connectivity index (χ0n) is 8.05. The third kappa shape index (κ3) is 7.66. The molecule has 0 spiro atoms. The Balaban J connectivity index is 0. The van der Waals surface area contributed by atoms with E-state index in [4.69, 9.17) is 9.84 Å². The predicted molar refractivity (Wildman–Crippen MR) is 45.2 cm³/mol. The molecule has 3 heteroatoms. The molecule has 1 heterocycles. The monoisotopic (exact) mass is 247 g/mol. The molecule has 12 heavy (non-hydrogen) atoms. The molecule has 0 aliphatic carbocycles. The molecule has 2 nitrogen and oxygen atoms in total. The maximum absolute atomic E-state index is 8.33. The summed E-state index contributed by atoms with van der Waals surface area (Å²) in [4.78, 5) is 0. The molecule has 1 saturated heterocycles. The normalized spacial score (nSPS) is 16.2. The minimum Gasteiger partial charge on any atom is -0.566 e. The Morgan fingerprint density at radius 1 is 1.50 bits per heavy atom.